The van der Waals surface area contributed by atoms with E-state index in [-0.39, 0.29) is 12.2 Å². The molecule has 1 unspecified atom stereocenters. The van der Waals surface area contributed by atoms with E-state index in [9.17, 15) is 4.79 Å². The number of fused-ring (bicyclic) bond motifs is 1. The minimum absolute atomic E-state index is 0.181. The highest BCUT2D eigenvalue weighted by atomic mass is 16.6. The zero-order chi connectivity index (χ0) is 12.3. The molecule has 1 aliphatic rings. The summed E-state index contributed by atoms with van der Waals surface area (Å²) in [5.74, 6) is 3.43. The normalized spacial score (nSPS) is 14.8. The van der Waals surface area contributed by atoms with Gasteiger partial charge in [-0.1, -0.05) is 0 Å². The van der Waals surface area contributed by atoms with Gasteiger partial charge in [0, 0.05) is 12.0 Å². The molecule has 4 nitrogen and oxygen atoms in total. The highest BCUT2D eigenvalue weighted by molar-refractivity contribution is 6.00. The first kappa shape index (κ1) is 11.5. The van der Waals surface area contributed by atoms with Crippen molar-refractivity contribution in [3.8, 4) is 23.8 Å². The Balaban J connectivity index is 2.22. The number of ketones is 1. The Hall–Kier alpha value is -1.99. The number of rotatable bonds is 3. The number of hydrogen-bond donors (Lipinski definition) is 1. The van der Waals surface area contributed by atoms with Crippen LogP contribution in [0.1, 0.15) is 16.8 Å². The lowest BCUT2D eigenvalue weighted by Crippen LogP contribution is -2.30. The van der Waals surface area contributed by atoms with Gasteiger partial charge in [-0.15, -0.1) is 12.3 Å². The van der Waals surface area contributed by atoms with Crippen LogP contribution in [-0.2, 0) is 0 Å². The second kappa shape index (κ2) is 4.89. The number of carbonyl (C=O) groups excluding carboxylic acids is 1. The van der Waals surface area contributed by atoms with Crippen molar-refractivity contribution in [3.63, 3.8) is 0 Å². The van der Waals surface area contributed by atoms with E-state index in [0.717, 1.165) is 0 Å². The van der Waals surface area contributed by atoms with Gasteiger partial charge in [0.1, 0.15) is 13.2 Å². The predicted octanol–water partition coefficient (Wildman–Crippen LogP) is 0.991. The summed E-state index contributed by atoms with van der Waals surface area (Å²) in [4.78, 5) is 11.9. The minimum Gasteiger partial charge on any atom is -0.486 e. The fourth-order valence-corrected chi connectivity index (χ4v) is 1.63. The predicted molar refractivity (Wildman–Crippen MR) is 63.2 cm³/mol. The second-order valence-electron chi connectivity index (χ2n) is 3.74. The van der Waals surface area contributed by atoms with Crippen LogP contribution < -0.4 is 15.2 Å². The standard InChI is InChI=1S/C13H13NO3/c1-2-3-10(14)13(15)9-4-5-11-12(8-9)17-7-6-16-11/h1,4-5,8,10H,3,6-7,14H2. The number of carbonyl (C=O) groups is 1. The van der Waals surface area contributed by atoms with Gasteiger partial charge < -0.3 is 15.2 Å². The van der Waals surface area contributed by atoms with Gasteiger partial charge in [0.15, 0.2) is 17.3 Å². The molecule has 2 rings (SSSR count). The molecule has 2 N–H and O–H groups in total. The Morgan fingerprint density at radius 3 is 2.82 bits per heavy atom. The summed E-state index contributed by atoms with van der Waals surface area (Å²) >= 11 is 0. The maximum atomic E-state index is 11.9. The fraction of sp³-hybridized carbons (Fsp3) is 0.308. The number of Topliss-reactive ketones (excluding diaryl/α,β-unsaturated/α-hetero) is 1. The van der Waals surface area contributed by atoms with Gasteiger partial charge in [-0.25, -0.2) is 0 Å². The van der Waals surface area contributed by atoms with Crippen molar-refractivity contribution in [2.75, 3.05) is 13.2 Å². The number of hydrogen-bond acceptors (Lipinski definition) is 4. The summed E-state index contributed by atoms with van der Waals surface area (Å²) in [5, 5.41) is 0. The molecule has 1 aromatic carbocycles. The quantitative estimate of drug-likeness (QED) is 0.622. The highest BCUT2D eigenvalue weighted by Gasteiger charge is 2.18. The Morgan fingerprint density at radius 2 is 2.12 bits per heavy atom. The van der Waals surface area contributed by atoms with Crippen molar-refractivity contribution < 1.29 is 14.3 Å². The first-order valence-corrected chi connectivity index (χ1v) is 5.35. The monoisotopic (exact) mass is 231 g/mol. The first-order valence-electron chi connectivity index (χ1n) is 5.35. The molecular formula is C13H13NO3. The fourth-order valence-electron chi connectivity index (χ4n) is 1.63. The molecule has 0 saturated carbocycles. The summed E-state index contributed by atoms with van der Waals surface area (Å²) in [6.07, 6.45) is 5.36. The Labute approximate surface area is 99.7 Å². The van der Waals surface area contributed by atoms with Crippen LogP contribution in [0.3, 0.4) is 0 Å². The second-order valence-corrected chi connectivity index (χ2v) is 3.74. The topological polar surface area (TPSA) is 61.6 Å². The Kier molecular flexibility index (Phi) is 3.31. The van der Waals surface area contributed by atoms with Crippen LogP contribution in [0.25, 0.3) is 0 Å². The molecule has 0 aromatic heterocycles. The Bertz CT molecular complexity index is 476. The number of ether oxygens (including phenoxy) is 2. The van der Waals surface area contributed by atoms with Gasteiger partial charge in [-0.3, -0.25) is 4.79 Å². The van der Waals surface area contributed by atoms with E-state index in [1.807, 2.05) is 0 Å². The van der Waals surface area contributed by atoms with Crippen LogP contribution in [0.5, 0.6) is 11.5 Å². The van der Waals surface area contributed by atoms with Gasteiger partial charge in [0.05, 0.1) is 6.04 Å². The molecule has 0 spiro atoms. The maximum Gasteiger partial charge on any atom is 0.180 e. The molecule has 0 saturated heterocycles. The number of nitrogens with two attached hydrogens (primary N) is 1. The molecule has 0 fully saturated rings. The SMILES string of the molecule is C#CCC(N)C(=O)c1ccc2c(c1)OCCO2. The van der Waals surface area contributed by atoms with E-state index in [4.69, 9.17) is 21.6 Å². The summed E-state index contributed by atoms with van der Waals surface area (Å²) in [6, 6.07) is 4.37. The van der Waals surface area contributed by atoms with E-state index < -0.39 is 6.04 Å². The van der Waals surface area contributed by atoms with Crippen LogP contribution in [0.2, 0.25) is 0 Å². The van der Waals surface area contributed by atoms with Gasteiger partial charge in [-0.05, 0) is 18.2 Å². The summed E-state index contributed by atoms with van der Waals surface area (Å²) < 4.78 is 10.8. The van der Waals surface area contributed by atoms with E-state index in [1.165, 1.54) is 0 Å². The zero-order valence-corrected chi connectivity index (χ0v) is 9.31. The van der Waals surface area contributed by atoms with E-state index in [1.54, 1.807) is 18.2 Å². The molecule has 1 aliphatic heterocycles. The molecule has 0 bridgehead atoms. The molecule has 1 atom stereocenters. The van der Waals surface area contributed by atoms with Gasteiger partial charge >= 0.3 is 0 Å². The third-order valence-electron chi connectivity index (χ3n) is 2.50. The Morgan fingerprint density at radius 1 is 1.41 bits per heavy atom. The molecular weight excluding hydrogens is 218 g/mol. The van der Waals surface area contributed by atoms with Crippen molar-refractivity contribution in [1.29, 1.82) is 0 Å². The van der Waals surface area contributed by atoms with Gasteiger partial charge in [-0.2, -0.15) is 0 Å². The van der Waals surface area contributed by atoms with Crippen molar-refractivity contribution in [2.24, 2.45) is 5.73 Å². The smallest absolute Gasteiger partial charge is 0.180 e. The summed E-state index contributed by atoms with van der Waals surface area (Å²) in [7, 11) is 0. The molecule has 0 aliphatic carbocycles. The third kappa shape index (κ3) is 2.40. The molecule has 1 aromatic rings. The zero-order valence-electron chi connectivity index (χ0n) is 9.31. The highest BCUT2D eigenvalue weighted by Crippen LogP contribution is 2.31. The van der Waals surface area contributed by atoms with Crippen molar-refractivity contribution in [2.45, 2.75) is 12.5 Å². The van der Waals surface area contributed by atoms with Crippen LogP contribution >= 0.6 is 0 Å². The van der Waals surface area contributed by atoms with E-state index >= 15 is 0 Å². The van der Waals surface area contributed by atoms with Crippen LogP contribution in [0, 0.1) is 12.3 Å². The third-order valence-corrected chi connectivity index (χ3v) is 2.50. The molecule has 0 radical (unpaired) electrons. The number of benzene rings is 1. The molecule has 17 heavy (non-hydrogen) atoms. The van der Waals surface area contributed by atoms with Gasteiger partial charge in [0.2, 0.25) is 0 Å². The largest absolute Gasteiger partial charge is 0.486 e. The summed E-state index contributed by atoms with van der Waals surface area (Å²) in [5.41, 5.74) is 6.17. The molecule has 0 amide bonds. The van der Waals surface area contributed by atoms with Crippen molar-refractivity contribution >= 4 is 5.78 Å². The van der Waals surface area contributed by atoms with Crippen LogP contribution in [-0.4, -0.2) is 25.0 Å². The van der Waals surface area contributed by atoms with E-state index in [0.29, 0.717) is 30.3 Å². The molecule has 1 heterocycles. The van der Waals surface area contributed by atoms with Crippen molar-refractivity contribution in [1.82, 2.24) is 0 Å². The van der Waals surface area contributed by atoms with Gasteiger partial charge in [0.25, 0.3) is 0 Å². The van der Waals surface area contributed by atoms with Crippen LogP contribution in [0.15, 0.2) is 18.2 Å². The summed E-state index contributed by atoms with van der Waals surface area (Å²) in [6.45, 7) is 1.01. The lowest BCUT2D eigenvalue weighted by atomic mass is 10.0. The lowest BCUT2D eigenvalue weighted by Gasteiger charge is -2.19. The van der Waals surface area contributed by atoms with Crippen molar-refractivity contribution in [3.05, 3.63) is 23.8 Å². The average molecular weight is 231 g/mol. The number of terminal acetylenes is 1. The molecule has 88 valence electrons. The minimum atomic E-state index is -0.664. The lowest BCUT2D eigenvalue weighted by molar-refractivity contribution is 0.0961. The first-order chi connectivity index (χ1) is 8.22. The van der Waals surface area contributed by atoms with E-state index in [2.05, 4.69) is 5.92 Å². The average Bonchev–Trinajstić information content (AvgIpc) is 2.37. The molecule has 4 heteroatoms. The maximum absolute atomic E-state index is 11.9. The van der Waals surface area contributed by atoms with Crippen LogP contribution in [0.4, 0.5) is 0 Å².